The second kappa shape index (κ2) is 15.2. The van der Waals surface area contributed by atoms with E-state index in [1.54, 1.807) is 60.4 Å². The summed E-state index contributed by atoms with van der Waals surface area (Å²) in [6, 6.07) is 14.9. The molecule has 3 aromatic rings. The second-order valence-electron chi connectivity index (χ2n) is 12.5. The minimum atomic E-state index is -4.64. The van der Waals surface area contributed by atoms with Crippen molar-refractivity contribution in [1.82, 2.24) is 23.3 Å². The molecule has 52 heavy (non-hydrogen) atoms. The Bertz CT molecular complexity index is 1930. The number of hydrogen-bond acceptors (Lipinski definition) is 6. The minimum Gasteiger partial charge on any atom is -0.493 e. The van der Waals surface area contributed by atoms with Gasteiger partial charge < -0.3 is 14.5 Å². The number of aliphatic imine (C=N–C) groups is 1. The Labute approximate surface area is 310 Å². The van der Waals surface area contributed by atoms with Crippen molar-refractivity contribution in [2.24, 2.45) is 4.99 Å². The van der Waals surface area contributed by atoms with Crippen LogP contribution in [0.4, 0.5) is 18.0 Å². The van der Waals surface area contributed by atoms with Gasteiger partial charge in [-0.05, 0) is 60.5 Å². The monoisotopic (exact) mass is 780 g/mol. The third-order valence-electron chi connectivity index (χ3n) is 9.39. The molecule has 3 heterocycles. The molecule has 278 valence electrons. The largest absolute Gasteiger partial charge is 0.493 e. The first-order valence-corrected chi connectivity index (χ1v) is 18.9. The molecule has 0 aromatic heterocycles. The third kappa shape index (κ3) is 7.74. The van der Waals surface area contributed by atoms with E-state index in [2.05, 4.69) is 0 Å². The number of piperazine rings is 2. The molecule has 0 bridgehead atoms. The fraction of sp³-hybridized carbons (Fsp3) is 0.400. The average Bonchev–Trinajstić information content (AvgIpc) is 3.52. The number of hydrogen-bond donors (Lipinski definition) is 0. The van der Waals surface area contributed by atoms with E-state index in [1.165, 1.54) is 31.4 Å². The SMILES string of the molecule is CCOc1cc(C(F)(F)F)ccc1C1=NC(c2ccc(Cl)cc2)C(c2ccc(Cl)cc2)N1C(=O)N1CCN(S(=O)(=O)N2CCN(C(C)=O)CC2)CC1. The lowest BCUT2D eigenvalue weighted by molar-refractivity contribution is -0.137. The lowest BCUT2D eigenvalue weighted by Gasteiger charge is -2.41. The van der Waals surface area contributed by atoms with Gasteiger partial charge >= 0.3 is 12.2 Å². The number of nitrogens with zero attached hydrogens (tertiary/aromatic N) is 6. The van der Waals surface area contributed by atoms with Crippen LogP contribution < -0.4 is 4.74 Å². The summed E-state index contributed by atoms with van der Waals surface area (Å²) in [7, 11) is -3.87. The van der Waals surface area contributed by atoms with Crippen LogP contribution in [0.15, 0.2) is 71.7 Å². The maximum atomic E-state index is 14.8. The maximum Gasteiger partial charge on any atom is 0.416 e. The highest BCUT2D eigenvalue weighted by atomic mass is 35.5. The van der Waals surface area contributed by atoms with Gasteiger partial charge in [0.25, 0.3) is 10.2 Å². The number of urea groups is 1. The van der Waals surface area contributed by atoms with Gasteiger partial charge in [0, 0.05) is 69.3 Å². The molecule has 2 fully saturated rings. The number of ether oxygens (including phenoxy) is 1. The van der Waals surface area contributed by atoms with Crippen LogP contribution in [0.25, 0.3) is 0 Å². The molecule has 3 aromatic carbocycles. The molecule has 6 rings (SSSR count). The molecular weight excluding hydrogens is 744 g/mol. The first-order valence-electron chi connectivity index (χ1n) is 16.7. The van der Waals surface area contributed by atoms with Gasteiger partial charge in [0.05, 0.1) is 23.8 Å². The summed E-state index contributed by atoms with van der Waals surface area (Å²) >= 11 is 12.5. The highest BCUT2D eigenvalue weighted by Gasteiger charge is 2.46. The van der Waals surface area contributed by atoms with Crippen LogP contribution in [0.5, 0.6) is 5.75 Å². The summed E-state index contributed by atoms with van der Waals surface area (Å²) < 4.78 is 77.1. The van der Waals surface area contributed by atoms with E-state index in [0.717, 1.165) is 12.1 Å². The zero-order valence-corrected chi connectivity index (χ0v) is 30.7. The van der Waals surface area contributed by atoms with Crippen LogP contribution in [0.3, 0.4) is 0 Å². The van der Waals surface area contributed by atoms with Gasteiger partial charge in [0.1, 0.15) is 17.6 Å². The zero-order valence-electron chi connectivity index (χ0n) is 28.4. The summed E-state index contributed by atoms with van der Waals surface area (Å²) in [5.41, 5.74) is 0.624. The summed E-state index contributed by atoms with van der Waals surface area (Å²) in [6.07, 6.45) is -4.64. The topological polar surface area (TPSA) is 106 Å². The Morgan fingerprint density at radius 3 is 1.83 bits per heavy atom. The number of halogens is 5. The predicted molar refractivity (Wildman–Crippen MR) is 191 cm³/mol. The fourth-order valence-electron chi connectivity index (χ4n) is 6.67. The van der Waals surface area contributed by atoms with E-state index < -0.39 is 40.1 Å². The van der Waals surface area contributed by atoms with E-state index in [1.807, 2.05) is 0 Å². The van der Waals surface area contributed by atoms with Crippen molar-refractivity contribution in [2.75, 3.05) is 59.0 Å². The lowest BCUT2D eigenvalue weighted by atomic mass is 9.93. The predicted octanol–water partition coefficient (Wildman–Crippen LogP) is 6.10. The summed E-state index contributed by atoms with van der Waals surface area (Å²) in [5.74, 6) is -0.115. The van der Waals surface area contributed by atoms with Crippen molar-refractivity contribution >= 4 is 51.2 Å². The first kappa shape index (κ1) is 37.9. The van der Waals surface area contributed by atoms with Crippen molar-refractivity contribution in [2.45, 2.75) is 32.1 Å². The van der Waals surface area contributed by atoms with Gasteiger partial charge in [-0.15, -0.1) is 0 Å². The Morgan fingerprint density at radius 2 is 1.33 bits per heavy atom. The second-order valence-corrected chi connectivity index (χ2v) is 15.3. The van der Waals surface area contributed by atoms with E-state index in [-0.39, 0.29) is 68.9 Å². The lowest BCUT2D eigenvalue weighted by Crippen LogP contribution is -2.59. The van der Waals surface area contributed by atoms with E-state index >= 15 is 0 Å². The van der Waals surface area contributed by atoms with Gasteiger partial charge in [0.15, 0.2) is 0 Å². The van der Waals surface area contributed by atoms with Crippen molar-refractivity contribution in [1.29, 1.82) is 0 Å². The Balaban J connectivity index is 1.37. The number of amides is 3. The quantitative estimate of drug-likeness (QED) is 0.288. The smallest absolute Gasteiger partial charge is 0.416 e. The molecule has 11 nitrogen and oxygen atoms in total. The van der Waals surface area contributed by atoms with Gasteiger partial charge in [-0.2, -0.15) is 30.2 Å². The first-order chi connectivity index (χ1) is 24.7. The molecule has 0 N–H and O–H groups in total. The van der Waals surface area contributed by atoms with Crippen molar-refractivity contribution in [3.63, 3.8) is 0 Å². The molecule has 3 aliphatic heterocycles. The zero-order chi connectivity index (χ0) is 37.4. The maximum absolute atomic E-state index is 14.8. The van der Waals surface area contributed by atoms with Crippen LogP contribution in [-0.2, 0) is 21.2 Å². The van der Waals surface area contributed by atoms with Gasteiger partial charge in [0.2, 0.25) is 5.91 Å². The van der Waals surface area contributed by atoms with Gasteiger partial charge in [-0.1, -0.05) is 47.5 Å². The van der Waals surface area contributed by atoms with Gasteiger partial charge in [-0.3, -0.25) is 14.7 Å². The molecule has 0 spiro atoms. The number of amidine groups is 1. The molecule has 3 amide bonds. The number of carbonyl (C=O) groups is 2. The molecule has 0 saturated carbocycles. The standard InChI is InChI=1S/C35H37Cl2F3N6O5S/c1-3-51-30-22-26(35(38,39)40)8-13-29(30)33-41-31(24-4-9-27(36)10-5-24)32(25-6-11-28(37)12-7-25)46(33)34(48)43-16-20-45(21-17-43)52(49,50)44-18-14-42(15-19-44)23(2)47/h4-13,22,31-32H,3,14-21H2,1-2H3. The highest BCUT2D eigenvalue weighted by Crippen LogP contribution is 2.46. The summed E-state index contributed by atoms with van der Waals surface area (Å²) in [4.78, 5) is 36.2. The highest BCUT2D eigenvalue weighted by molar-refractivity contribution is 7.86. The molecule has 2 saturated heterocycles. The number of alkyl halides is 3. The number of benzene rings is 3. The Kier molecular flexibility index (Phi) is 11.1. The average molecular weight is 782 g/mol. The van der Waals surface area contributed by atoms with E-state index in [4.69, 9.17) is 32.9 Å². The molecule has 2 atom stereocenters. The van der Waals surface area contributed by atoms with Crippen LogP contribution in [-0.4, -0.2) is 108 Å². The molecular formula is C35H37Cl2F3N6O5S. The van der Waals surface area contributed by atoms with E-state index in [0.29, 0.717) is 34.3 Å². The summed E-state index contributed by atoms with van der Waals surface area (Å²) in [6.45, 7) is 4.16. The summed E-state index contributed by atoms with van der Waals surface area (Å²) in [5, 5.41) is 0.946. The van der Waals surface area contributed by atoms with Crippen LogP contribution in [0.1, 0.15) is 48.2 Å². The molecule has 3 aliphatic rings. The number of rotatable bonds is 7. The van der Waals surface area contributed by atoms with Crippen molar-refractivity contribution in [3.8, 4) is 5.75 Å². The normalized spacial score (nSPS) is 20.6. The van der Waals surface area contributed by atoms with Crippen LogP contribution in [0, 0.1) is 0 Å². The van der Waals surface area contributed by atoms with Crippen molar-refractivity contribution < 1.29 is 35.9 Å². The Morgan fingerprint density at radius 1 is 0.808 bits per heavy atom. The van der Waals surface area contributed by atoms with Crippen LogP contribution in [0.2, 0.25) is 10.0 Å². The number of carbonyl (C=O) groups excluding carboxylic acids is 2. The molecule has 2 unspecified atom stereocenters. The van der Waals surface area contributed by atoms with Gasteiger partial charge in [-0.25, -0.2) is 4.79 Å². The minimum absolute atomic E-state index is 0.0119. The third-order valence-corrected chi connectivity index (χ3v) is 11.9. The Hall–Kier alpha value is -3.89. The molecule has 0 aliphatic carbocycles. The fourth-order valence-corrected chi connectivity index (χ4v) is 8.50. The van der Waals surface area contributed by atoms with Crippen molar-refractivity contribution in [3.05, 3.63) is 99.0 Å². The van der Waals surface area contributed by atoms with Crippen LogP contribution >= 0.6 is 23.2 Å². The van der Waals surface area contributed by atoms with E-state index in [9.17, 15) is 31.2 Å². The molecule has 0 radical (unpaired) electrons. The molecule has 17 heteroatoms.